The van der Waals surface area contributed by atoms with Gasteiger partial charge in [-0.05, 0) is 5.56 Å². The second kappa shape index (κ2) is 8.50. The zero-order chi connectivity index (χ0) is 16.8. The van der Waals surface area contributed by atoms with Crippen molar-refractivity contribution >= 4 is 29.1 Å². The number of nitrogens with two attached hydrogens (primary N) is 1. The number of aliphatic imine (C=N–C) groups is 1. The zero-order valence-corrected chi connectivity index (χ0v) is 15.4. The van der Waals surface area contributed by atoms with Crippen LogP contribution in [0.4, 0.5) is 0 Å². The number of nitrogens with zero attached hydrogens (tertiary/aromatic N) is 3. The Kier molecular flexibility index (Phi) is 6.12. The fourth-order valence-corrected chi connectivity index (χ4v) is 4.51. The lowest BCUT2D eigenvalue weighted by Crippen LogP contribution is -2.42. The standard InChI is InChI=1S/C17H22N4OS2/c1-22-12-15-20-14(16(24-15)13-5-3-2-4-6-13)11-19-17(18)21-7-9-23-10-8-21/h2-6H,7-12H2,1H3,(H2,18,19). The van der Waals surface area contributed by atoms with Crippen molar-refractivity contribution in [2.24, 2.45) is 10.7 Å². The lowest BCUT2D eigenvalue weighted by Gasteiger charge is -2.27. The van der Waals surface area contributed by atoms with Crippen molar-refractivity contribution in [3.8, 4) is 10.4 Å². The Bertz CT molecular complexity index is 681. The number of ether oxygens (including phenoxy) is 1. The molecule has 0 saturated carbocycles. The SMILES string of the molecule is COCc1nc(CN=C(N)N2CCSCC2)c(-c2ccccc2)s1. The molecule has 5 nitrogen and oxygen atoms in total. The normalized spacial score (nSPS) is 15.7. The van der Waals surface area contributed by atoms with Crippen molar-refractivity contribution in [1.82, 2.24) is 9.88 Å². The Morgan fingerprint density at radius 1 is 1.29 bits per heavy atom. The van der Waals surface area contributed by atoms with Gasteiger partial charge in [0.05, 0.1) is 23.7 Å². The summed E-state index contributed by atoms with van der Waals surface area (Å²) in [6, 6.07) is 10.3. The monoisotopic (exact) mass is 362 g/mol. The van der Waals surface area contributed by atoms with Gasteiger partial charge in [0.15, 0.2) is 5.96 Å². The molecule has 1 aromatic carbocycles. The van der Waals surface area contributed by atoms with Crippen molar-refractivity contribution in [2.75, 3.05) is 31.7 Å². The first-order chi connectivity index (χ1) is 11.8. The Morgan fingerprint density at radius 3 is 2.75 bits per heavy atom. The lowest BCUT2D eigenvalue weighted by atomic mass is 10.1. The van der Waals surface area contributed by atoms with Gasteiger partial charge in [-0.2, -0.15) is 11.8 Å². The molecule has 1 aromatic heterocycles. The molecule has 1 fully saturated rings. The summed E-state index contributed by atoms with van der Waals surface area (Å²) in [4.78, 5) is 12.6. The van der Waals surface area contributed by atoms with Gasteiger partial charge in [-0.3, -0.25) is 0 Å². The van der Waals surface area contributed by atoms with Gasteiger partial charge < -0.3 is 15.4 Å². The molecule has 1 saturated heterocycles. The number of aromatic nitrogens is 1. The molecule has 0 spiro atoms. The van der Waals surface area contributed by atoms with E-state index in [1.807, 2.05) is 30.0 Å². The van der Waals surface area contributed by atoms with Crippen LogP contribution in [0.2, 0.25) is 0 Å². The maximum atomic E-state index is 6.17. The molecule has 0 amide bonds. The van der Waals surface area contributed by atoms with Gasteiger partial charge in [0.1, 0.15) is 5.01 Å². The van der Waals surface area contributed by atoms with Gasteiger partial charge >= 0.3 is 0 Å². The highest BCUT2D eigenvalue weighted by molar-refractivity contribution is 7.99. The largest absolute Gasteiger partial charge is 0.378 e. The van der Waals surface area contributed by atoms with Gasteiger partial charge in [0.25, 0.3) is 0 Å². The molecule has 24 heavy (non-hydrogen) atoms. The molecule has 2 N–H and O–H groups in total. The Morgan fingerprint density at radius 2 is 2.04 bits per heavy atom. The van der Waals surface area contributed by atoms with E-state index in [0.29, 0.717) is 19.1 Å². The summed E-state index contributed by atoms with van der Waals surface area (Å²) in [5.41, 5.74) is 8.30. The molecule has 2 aromatic rings. The quantitative estimate of drug-likeness (QED) is 0.654. The van der Waals surface area contributed by atoms with Crippen LogP contribution in [-0.4, -0.2) is 47.5 Å². The number of hydrogen-bond donors (Lipinski definition) is 1. The molecule has 2 heterocycles. The number of thiazole rings is 1. The highest BCUT2D eigenvalue weighted by Gasteiger charge is 2.15. The van der Waals surface area contributed by atoms with Crippen LogP contribution in [0.15, 0.2) is 35.3 Å². The van der Waals surface area contributed by atoms with E-state index in [9.17, 15) is 0 Å². The van der Waals surface area contributed by atoms with Crippen molar-refractivity contribution in [2.45, 2.75) is 13.2 Å². The molecule has 0 bridgehead atoms. The van der Waals surface area contributed by atoms with Gasteiger partial charge in [0.2, 0.25) is 0 Å². The van der Waals surface area contributed by atoms with Crippen LogP contribution in [0.25, 0.3) is 10.4 Å². The van der Waals surface area contributed by atoms with E-state index in [0.717, 1.165) is 45.7 Å². The summed E-state index contributed by atoms with van der Waals surface area (Å²) in [5, 5.41) is 0.967. The molecule has 128 valence electrons. The predicted octanol–water partition coefficient (Wildman–Crippen LogP) is 2.82. The Hall–Kier alpha value is -1.57. The van der Waals surface area contributed by atoms with Crippen molar-refractivity contribution in [1.29, 1.82) is 0 Å². The number of benzene rings is 1. The van der Waals surface area contributed by atoms with E-state index < -0.39 is 0 Å². The molecule has 1 aliphatic heterocycles. The second-order valence-corrected chi connectivity index (χ2v) is 7.76. The van der Waals surface area contributed by atoms with Crippen molar-refractivity contribution < 1.29 is 4.74 Å². The summed E-state index contributed by atoms with van der Waals surface area (Å²) in [5.74, 6) is 2.84. The van der Waals surface area contributed by atoms with Crippen LogP contribution >= 0.6 is 23.1 Å². The predicted molar refractivity (Wildman–Crippen MR) is 102 cm³/mol. The number of thioether (sulfide) groups is 1. The fourth-order valence-electron chi connectivity index (χ4n) is 2.56. The van der Waals surface area contributed by atoms with Gasteiger partial charge in [0, 0.05) is 31.7 Å². The summed E-state index contributed by atoms with van der Waals surface area (Å²) < 4.78 is 5.23. The Labute approximate surface area is 150 Å². The van der Waals surface area contributed by atoms with E-state index in [-0.39, 0.29) is 0 Å². The van der Waals surface area contributed by atoms with E-state index in [1.165, 1.54) is 0 Å². The first-order valence-electron chi connectivity index (χ1n) is 7.93. The van der Waals surface area contributed by atoms with E-state index >= 15 is 0 Å². The maximum Gasteiger partial charge on any atom is 0.191 e. The number of guanidine groups is 1. The van der Waals surface area contributed by atoms with Gasteiger partial charge in [-0.1, -0.05) is 30.3 Å². The Balaban J connectivity index is 1.81. The highest BCUT2D eigenvalue weighted by Crippen LogP contribution is 2.31. The smallest absolute Gasteiger partial charge is 0.191 e. The minimum Gasteiger partial charge on any atom is -0.378 e. The molecule has 0 unspecified atom stereocenters. The number of methoxy groups -OCH3 is 1. The summed E-state index contributed by atoms with van der Waals surface area (Å²) in [7, 11) is 1.69. The molecule has 0 aliphatic carbocycles. The second-order valence-electron chi connectivity index (χ2n) is 5.46. The number of hydrogen-bond acceptors (Lipinski definition) is 5. The minimum absolute atomic E-state index is 0.500. The maximum absolute atomic E-state index is 6.17. The molecular weight excluding hydrogens is 340 g/mol. The van der Waals surface area contributed by atoms with Crippen molar-refractivity contribution in [3.05, 3.63) is 41.0 Å². The van der Waals surface area contributed by atoms with Crippen LogP contribution < -0.4 is 5.73 Å². The lowest BCUT2D eigenvalue weighted by molar-refractivity contribution is 0.184. The fraction of sp³-hybridized carbons (Fsp3) is 0.412. The van der Waals surface area contributed by atoms with Crippen LogP contribution in [0.1, 0.15) is 10.7 Å². The highest BCUT2D eigenvalue weighted by atomic mass is 32.2. The summed E-state index contributed by atoms with van der Waals surface area (Å²) in [6.07, 6.45) is 0. The van der Waals surface area contributed by atoms with Crippen LogP contribution in [0.5, 0.6) is 0 Å². The van der Waals surface area contributed by atoms with Crippen LogP contribution in [-0.2, 0) is 17.9 Å². The third kappa shape index (κ3) is 4.28. The molecule has 0 atom stereocenters. The summed E-state index contributed by atoms with van der Waals surface area (Å²) >= 11 is 3.62. The third-order valence-electron chi connectivity index (χ3n) is 3.77. The van der Waals surface area contributed by atoms with Crippen LogP contribution in [0.3, 0.4) is 0 Å². The number of rotatable bonds is 5. The first kappa shape index (κ1) is 17.3. The average Bonchev–Trinajstić information content (AvgIpc) is 3.04. The molecule has 0 radical (unpaired) electrons. The molecule has 1 aliphatic rings. The van der Waals surface area contributed by atoms with Gasteiger partial charge in [-0.25, -0.2) is 9.98 Å². The first-order valence-corrected chi connectivity index (χ1v) is 9.90. The molecular formula is C17H22N4OS2. The van der Waals surface area contributed by atoms with Gasteiger partial charge in [-0.15, -0.1) is 11.3 Å². The van der Waals surface area contributed by atoms with Crippen LogP contribution in [0, 0.1) is 0 Å². The average molecular weight is 363 g/mol. The van der Waals surface area contributed by atoms with E-state index in [1.54, 1.807) is 18.4 Å². The molecule has 3 rings (SSSR count). The third-order valence-corrected chi connectivity index (χ3v) is 5.83. The topological polar surface area (TPSA) is 63.7 Å². The molecule has 7 heteroatoms. The van der Waals surface area contributed by atoms with E-state index in [2.05, 4.69) is 22.0 Å². The zero-order valence-electron chi connectivity index (χ0n) is 13.8. The van der Waals surface area contributed by atoms with Crippen molar-refractivity contribution in [3.63, 3.8) is 0 Å². The van der Waals surface area contributed by atoms with E-state index in [4.69, 9.17) is 15.5 Å². The summed E-state index contributed by atoms with van der Waals surface area (Å²) in [6.45, 7) is 2.96. The minimum atomic E-state index is 0.500.